The van der Waals surface area contributed by atoms with Gasteiger partial charge in [-0.15, -0.1) is 11.3 Å². The van der Waals surface area contributed by atoms with Gasteiger partial charge in [-0.1, -0.05) is 12.1 Å². The molecule has 1 amide bonds. The second-order valence-electron chi connectivity index (χ2n) is 7.15. The van der Waals surface area contributed by atoms with E-state index < -0.39 is 37.4 Å². The van der Waals surface area contributed by atoms with Gasteiger partial charge in [-0.25, -0.2) is 13.4 Å². The summed E-state index contributed by atoms with van der Waals surface area (Å²) < 4.78 is 37.1. The monoisotopic (exact) mass is 534 g/mol. The molecule has 0 spiro atoms. The summed E-state index contributed by atoms with van der Waals surface area (Å²) in [6.45, 7) is 1.64. The molecule has 36 heavy (non-hydrogen) atoms. The number of amides is 1. The molecule has 0 aliphatic rings. The first-order valence-corrected chi connectivity index (χ1v) is 12.8. The van der Waals surface area contributed by atoms with Gasteiger partial charge < -0.3 is 9.47 Å². The number of carbonyl (C=O) groups excluding carboxylic acids is 2. The second kappa shape index (κ2) is 11.6. The molecule has 12 nitrogen and oxygen atoms in total. The zero-order valence-corrected chi connectivity index (χ0v) is 20.9. The van der Waals surface area contributed by atoms with Crippen LogP contribution >= 0.6 is 11.3 Å². The van der Waals surface area contributed by atoms with E-state index >= 15 is 0 Å². The summed E-state index contributed by atoms with van der Waals surface area (Å²) in [7, 11) is -2.92. The van der Waals surface area contributed by atoms with Crippen molar-refractivity contribution in [1.29, 1.82) is 0 Å². The van der Waals surface area contributed by atoms with Gasteiger partial charge in [0.15, 0.2) is 16.6 Å². The van der Waals surface area contributed by atoms with Crippen LogP contribution in [0.3, 0.4) is 0 Å². The fraction of sp³-hybridized carbons (Fsp3) is 0.227. The van der Waals surface area contributed by atoms with Gasteiger partial charge in [-0.2, -0.15) is 0 Å². The number of para-hydroxylation sites is 1. The van der Waals surface area contributed by atoms with Crippen molar-refractivity contribution in [3.8, 4) is 5.75 Å². The Morgan fingerprint density at radius 3 is 2.53 bits per heavy atom. The summed E-state index contributed by atoms with van der Waals surface area (Å²) in [5.41, 5.74) is 0.190. The molecular formula is C22H22N4O8S2. The zero-order valence-electron chi connectivity index (χ0n) is 19.2. The van der Waals surface area contributed by atoms with Crippen molar-refractivity contribution in [2.45, 2.75) is 18.2 Å². The van der Waals surface area contributed by atoms with E-state index in [1.54, 1.807) is 12.3 Å². The lowest BCUT2D eigenvalue weighted by molar-refractivity contribution is -0.387. The lowest BCUT2D eigenvalue weighted by Crippen LogP contribution is -2.27. The number of hydrogen-bond acceptors (Lipinski definition) is 10. The first-order valence-electron chi connectivity index (χ1n) is 10.5. The molecule has 0 bridgehead atoms. The van der Waals surface area contributed by atoms with Crippen molar-refractivity contribution in [2.24, 2.45) is 0 Å². The molecule has 0 unspecified atom stereocenters. The van der Waals surface area contributed by atoms with Gasteiger partial charge in [0.2, 0.25) is 0 Å². The highest BCUT2D eigenvalue weighted by Gasteiger charge is 2.29. The van der Waals surface area contributed by atoms with Gasteiger partial charge in [-0.3, -0.25) is 29.3 Å². The number of nitrogens with zero attached hydrogens (tertiary/aromatic N) is 3. The Kier molecular flexibility index (Phi) is 8.55. The third-order valence-corrected chi connectivity index (χ3v) is 7.34. The first kappa shape index (κ1) is 26.6. The van der Waals surface area contributed by atoms with Crippen molar-refractivity contribution in [3.05, 3.63) is 69.7 Å². The van der Waals surface area contributed by atoms with Crippen molar-refractivity contribution in [1.82, 2.24) is 4.98 Å². The predicted molar refractivity (Wildman–Crippen MR) is 132 cm³/mol. The molecule has 0 aliphatic heterocycles. The molecule has 3 rings (SSSR count). The normalized spacial score (nSPS) is 10.9. The number of rotatable bonds is 11. The number of nitro benzene ring substituents is 1. The average Bonchev–Trinajstić information content (AvgIpc) is 3.29. The summed E-state index contributed by atoms with van der Waals surface area (Å²) >= 11 is 1.16. The highest BCUT2D eigenvalue weighted by molar-refractivity contribution is 7.93. The quantitative estimate of drug-likeness (QED) is 0.222. The highest BCUT2D eigenvalue weighted by atomic mass is 32.2. The fourth-order valence-corrected chi connectivity index (χ4v) is 5.05. The standard InChI is InChI=1S/C22H22N4O8S2/c1-3-33-21(28)12-15-14-35-22(23-15)24-20(27)13-34-17-10-8-16(9-11-17)25(2)36(31,32)19-7-5-4-6-18(19)26(29)30/h4-11,14H,3,12-13H2,1-2H3,(H,23,24,27). The highest BCUT2D eigenvalue weighted by Crippen LogP contribution is 2.29. The lowest BCUT2D eigenvalue weighted by atomic mass is 10.3. The summed E-state index contributed by atoms with van der Waals surface area (Å²) in [5, 5.41) is 15.7. The molecule has 0 saturated carbocycles. The molecule has 3 aromatic rings. The number of sulfonamides is 1. The van der Waals surface area contributed by atoms with Gasteiger partial charge in [0, 0.05) is 18.5 Å². The number of anilines is 2. The van der Waals surface area contributed by atoms with E-state index in [-0.39, 0.29) is 25.3 Å². The van der Waals surface area contributed by atoms with Crippen LogP contribution in [0, 0.1) is 10.1 Å². The van der Waals surface area contributed by atoms with Crippen LogP contribution in [-0.2, 0) is 30.8 Å². The number of nitrogens with one attached hydrogen (secondary N) is 1. The number of carbonyl (C=O) groups is 2. The zero-order chi connectivity index (χ0) is 26.3. The molecule has 0 saturated heterocycles. The molecule has 0 atom stereocenters. The Bertz CT molecular complexity index is 1360. The van der Waals surface area contributed by atoms with Crippen LogP contribution in [0.2, 0.25) is 0 Å². The van der Waals surface area contributed by atoms with E-state index in [0.29, 0.717) is 16.6 Å². The van der Waals surface area contributed by atoms with Gasteiger partial charge in [-0.05, 0) is 37.3 Å². The van der Waals surface area contributed by atoms with Crippen molar-refractivity contribution >= 4 is 49.7 Å². The minimum Gasteiger partial charge on any atom is -0.484 e. The molecule has 1 N–H and O–H groups in total. The number of thiazole rings is 1. The maximum atomic E-state index is 12.9. The van der Waals surface area contributed by atoms with Crippen molar-refractivity contribution in [2.75, 3.05) is 29.9 Å². The molecule has 0 radical (unpaired) electrons. The Hall–Kier alpha value is -4.04. The van der Waals surface area contributed by atoms with Gasteiger partial charge >= 0.3 is 5.97 Å². The maximum absolute atomic E-state index is 12.9. The van der Waals surface area contributed by atoms with Gasteiger partial charge in [0.05, 0.1) is 29.3 Å². The van der Waals surface area contributed by atoms with E-state index in [4.69, 9.17) is 9.47 Å². The molecular weight excluding hydrogens is 512 g/mol. The van der Waals surface area contributed by atoms with Crippen LogP contribution in [0.15, 0.2) is 58.8 Å². The van der Waals surface area contributed by atoms with E-state index in [1.165, 1.54) is 49.5 Å². The minimum atomic E-state index is -4.20. The van der Waals surface area contributed by atoms with E-state index in [0.717, 1.165) is 21.7 Å². The third-order valence-electron chi connectivity index (χ3n) is 4.70. The SMILES string of the molecule is CCOC(=O)Cc1csc(NC(=O)COc2ccc(N(C)S(=O)(=O)c3ccccc3[N+](=O)[O-])cc2)n1. The average molecular weight is 535 g/mol. The summed E-state index contributed by atoms with van der Waals surface area (Å²) in [5.74, 6) is -0.590. The fourth-order valence-electron chi connectivity index (χ4n) is 2.97. The van der Waals surface area contributed by atoms with Crippen LogP contribution in [0.1, 0.15) is 12.6 Å². The molecule has 0 fully saturated rings. The Balaban J connectivity index is 1.58. The van der Waals surface area contributed by atoms with Crippen LogP contribution in [0.5, 0.6) is 5.75 Å². The molecule has 2 aromatic carbocycles. The Morgan fingerprint density at radius 1 is 1.17 bits per heavy atom. The van der Waals surface area contributed by atoms with E-state index in [9.17, 15) is 28.1 Å². The molecule has 190 valence electrons. The predicted octanol–water partition coefficient (Wildman–Crippen LogP) is 3.00. The van der Waals surface area contributed by atoms with E-state index in [2.05, 4.69) is 10.3 Å². The molecule has 1 heterocycles. The number of benzene rings is 2. The number of ether oxygens (including phenoxy) is 2. The topological polar surface area (TPSA) is 158 Å². The van der Waals surface area contributed by atoms with Crippen molar-refractivity contribution in [3.63, 3.8) is 0 Å². The Morgan fingerprint density at radius 2 is 1.86 bits per heavy atom. The van der Waals surface area contributed by atoms with Crippen LogP contribution in [-0.4, -0.2) is 50.5 Å². The van der Waals surface area contributed by atoms with Gasteiger partial charge in [0.25, 0.3) is 21.6 Å². The number of aromatic nitrogens is 1. The summed E-state index contributed by atoms with van der Waals surface area (Å²) in [6.07, 6.45) is 0.00481. The second-order valence-corrected chi connectivity index (χ2v) is 9.95. The maximum Gasteiger partial charge on any atom is 0.311 e. The first-order chi connectivity index (χ1) is 17.1. The molecule has 1 aromatic heterocycles. The van der Waals surface area contributed by atoms with Crippen molar-refractivity contribution < 1.29 is 32.4 Å². The van der Waals surface area contributed by atoms with Crippen LogP contribution in [0.25, 0.3) is 0 Å². The Labute approximate surface area is 210 Å². The molecule has 0 aliphatic carbocycles. The third kappa shape index (κ3) is 6.55. The minimum absolute atomic E-state index is 0.00481. The smallest absolute Gasteiger partial charge is 0.311 e. The summed E-state index contributed by atoms with van der Waals surface area (Å²) in [4.78, 5) is 37.9. The van der Waals surface area contributed by atoms with E-state index in [1.807, 2.05) is 0 Å². The number of esters is 1. The molecule has 14 heteroatoms. The largest absolute Gasteiger partial charge is 0.484 e. The number of nitro groups is 1. The van der Waals surface area contributed by atoms with Crippen LogP contribution < -0.4 is 14.4 Å². The lowest BCUT2D eigenvalue weighted by Gasteiger charge is -2.19. The number of hydrogen-bond donors (Lipinski definition) is 1. The summed E-state index contributed by atoms with van der Waals surface area (Å²) in [6, 6.07) is 10.9. The van der Waals surface area contributed by atoms with Crippen LogP contribution in [0.4, 0.5) is 16.5 Å². The van der Waals surface area contributed by atoms with Gasteiger partial charge in [0.1, 0.15) is 5.75 Å².